The Bertz CT molecular complexity index is 366. The lowest BCUT2D eigenvalue weighted by Gasteiger charge is -2.24. The van der Waals surface area contributed by atoms with Crippen LogP contribution in [0.2, 0.25) is 10.0 Å². The smallest absolute Gasteiger partial charge is 0.0784 e. The van der Waals surface area contributed by atoms with Crippen molar-refractivity contribution >= 4 is 23.2 Å². The molecule has 2 N–H and O–H groups in total. The van der Waals surface area contributed by atoms with Crippen LogP contribution < -0.4 is 5.32 Å². The van der Waals surface area contributed by atoms with Gasteiger partial charge < -0.3 is 10.4 Å². The number of hydrogen-bond acceptors (Lipinski definition) is 2. The summed E-state index contributed by atoms with van der Waals surface area (Å²) in [5.41, 5.74) is 0.0613. The third kappa shape index (κ3) is 4.84. The number of hydrogen-bond donors (Lipinski definition) is 2. The number of halogens is 2. The number of nitrogens with one attached hydrogen (secondary N) is 1. The van der Waals surface area contributed by atoms with Crippen molar-refractivity contribution in [3.63, 3.8) is 0 Å². The molecule has 2 nitrogen and oxygen atoms in total. The van der Waals surface area contributed by atoms with Crippen molar-refractivity contribution in [1.29, 1.82) is 0 Å². The van der Waals surface area contributed by atoms with Gasteiger partial charge in [0.15, 0.2) is 0 Å². The summed E-state index contributed by atoms with van der Waals surface area (Å²) in [7, 11) is 0. The van der Waals surface area contributed by atoms with E-state index >= 15 is 0 Å². The van der Waals surface area contributed by atoms with Crippen LogP contribution in [-0.4, -0.2) is 23.8 Å². The van der Waals surface area contributed by atoms with Gasteiger partial charge in [-0.3, -0.25) is 0 Å². The van der Waals surface area contributed by atoms with Gasteiger partial charge in [0, 0.05) is 13.0 Å². The SMILES string of the molecule is CCCNCC(C)(O)Cc1cccc(Cl)c1Cl. The highest BCUT2D eigenvalue weighted by molar-refractivity contribution is 6.42. The standard InChI is InChI=1S/C13H19Cl2NO/c1-3-7-16-9-13(2,17)8-10-5-4-6-11(14)12(10)15/h4-6,16-17H,3,7-9H2,1-2H3. The Labute approximate surface area is 113 Å². The third-order valence-electron chi connectivity index (χ3n) is 2.54. The topological polar surface area (TPSA) is 32.3 Å². The molecule has 0 amide bonds. The Hall–Kier alpha value is -0.280. The molecule has 0 aliphatic heterocycles. The molecule has 0 heterocycles. The van der Waals surface area contributed by atoms with E-state index in [1.54, 1.807) is 13.0 Å². The lowest BCUT2D eigenvalue weighted by molar-refractivity contribution is 0.0604. The van der Waals surface area contributed by atoms with Gasteiger partial charge in [-0.25, -0.2) is 0 Å². The molecule has 17 heavy (non-hydrogen) atoms. The minimum Gasteiger partial charge on any atom is -0.389 e. The van der Waals surface area contributed by atoms with Gasteiger partial charge in [-0.05, 0) is 31.5 Å². The van der Waals surface area contributed by atoms with Crippen LogP contribution in [-0.2, 0) is 6.42 Å². The van der Waals surface area contributed by atoms with E-state index in [2.05, 4.69) is 12.2 Å². The minimum absolute atomic E-state index is 0.489. The van der Waals surface area contributed by atoms with Gasteiger partial charge in [-0.2, -0.15) is 0 Å². The van der Waals surface area contributed by atoms with Crippen LogP contribution in [0.5, 0.6) is 0 Å². The maximum Gasteiger partial charge on any atom is 0.0784 e. The lowest BCUT2D eigenvalue weighted by Crippen LogP contribution is -2.40. The van der Waals surface area contributed by atoms with E-state index in [1.807, 2.05) is 12.1 Å². The number of rotatable bonds is 6. The summed E-state index contributed by atoms with van der Waals surface area (Å²) in [6.45, 7) is 5.34. The zero-order valence-corrected chi connectivity index (χ0v) is 11.8. The fourth-order valence-electron chi connectivity index (χ4n) is 1.69. The van der Waals surface area contributed by atoms with Gasteiger partial charge in [0.25, 0.3) is 0 Å². The normalized spacial score (nSPS) is 14.6. The zero-order valence-electron chi connectivity index (χ0n) is 10.3. The van der Waals surface area contributed by atoms with Gasteiger partial charge in [-0.1, -0.05) is 42.3 Å². The largest absolute Gasteiger partial charge is 0.389 e. The Balaban J connectivity index is 2.65. The summed E-state index contributed by atoms with van der Waals surface area (Å²) < 4.78 is 0. The molecule has 1 aromatic rings. The lowest BCUT2D eigenvalue weighted by atomic mass is 9.96. The van der Waals surface area contributed by atoms with Crippen LogP contribution in [0.1, 0.15) is 25.8 Å². The first-order valence-electron chi connectivity index (χ1n) is 5.82. The van der Waals surface area contributed by atoms with E-state index in [1.165, 1.54) is 0 Å². The molecule has 1 rings (SSSR count). The summed E-state index contributed by atoms with van der Waals surface area (Å²) in [4.78, 5) is 0. The fraction of sp³-hybridized carbons (Fsp3) is 0.538. The summed E-state index contributed by atoms with van der Waals surface area (Å²) >= 11 is 12.0. The zero-order chi connectivity index (χ0) is 12.9. The Morgan fingerprint density at radius 2 is 2.06 bits per heavy atom. The average Bonchev–Trinajstić information content (AvgIpc) is 2.25. The second-order valence-electron chi connectivity index (χ2n) is 4.56. The van der Waals surface area contributed by atoms with E-state index in [0.717, 1.165) is 18.5 Å². The van der Waals surface area contributed by atoms with Crippen molar-refractivity contribution in [1.82, 2.24) is 5.32 Å². The van der Waals surface area contributed by atoms with Crippen molar-refractivity contribution in [3.8, 4) is 0 Å². The molecule has 0 fully saturated rings. The molecule has 0 saturated carbocycles. The Kier molecular flexibility index (Phi) is 5.74. The molecule has 0 radical (unpaired) electrons. The number of aliphatic hydroxyl groups is 1. The molecule has 0 aliphatic carbocycles. The van der Waals surface area contributed by atoms with Gasteiger partial charge in [0.2, 0.25) is 0 Å². The molecule has 0 spiro atoms. The molecule has 1 atom stereocenters. The molecular formula is C13H19Cl2NO. The van der Waals surface area contributed by atoms with Crippen molar-refractivity contribution in [3.05, 3.63) is 33.8 Å². The van der Waals surface area contributed by atoms with Gasteiger partial charge in [0.1, 0.15) is 0 Å². The highest BCUT2D eigenvalue weighted by Crippen LogP contribution is 2.28. The van der Waals surface area contributed by atoms with Crippen molar-refractivity contribution in [2.75, 3.05) is 13.1 Å². The van der Waals surface area contributed by atoms with Crippen LogP contribution in [0.4, 0.5) is 0 Å². The first-order valence-corrected chi connectivity index (χ1v) is 6.58. The van der Waals surface area contributed by atoms with Gasteiger partial charge >= 0.3 is 0 Å². The molecule has 1 unspecified atom stereocenters. The van der Waals surface area contributed by atoms with Crippen LogP contribution in [0.15, 0.2) is 18.2 Å². The van der Waals surface area contributed by atoms with E-state index in [0.29, 0.717) is 23.0 Å². The second-order valence-corrected chi connectivity index (χ2v) is 5.35. The summed E-state index contributed by atoms with van der Waals surface area (Å²) in [6, 6.07) is 5.49. The minimum atomic E-state index is -0.816. The maximum absolute atomic E-state index is 10.2. The summed E-state index contributed by atoms with van der Waals surface area (Å²) in [5.74, 6) is 0. The molecule has 0 bridgehead atoms. The van der Waals surface area contributed by atoms with Gasteiger partial charge in [0.05, 0.1) is 15.6 Å². The molecule has 96 valence electrons. The highest BCUT2D eigenvalue weighted by atomic mass is 35.5. The molecule has 4 heteroatoms. The molecule has 0 aliphatic rings. The summed E-state index contributed by atoms with van der Waals surface area (Å²) in [6.07, 6.45) is 1.54. The Morgan fingerprint density at radius 1 is 1.35 bits per heavy atom. The van der Waals surface area contributed by atoms with Crippen molar-refractivity contribution in [2.24, 2.45) is 0 Å². The third-order valence-corrected chi connectivity index (χ3v) is 3.39. The predicted molar refractivity (Wildman–Crippen MR) is 74.0 cm³/mol. The second kappa shape index (κ2) is 6.60. The van der Waals surface area contributed by atoms with E-state index in [9.17, 15) is 5.11 Å². The highest BCUT2D eigenvalue weighted by Gasteiger charge is 2.22. The van der Waals surface area contributed by atoms with Crippen molar-refractivity contribution in [2.45, 2.75) is 32.3 Å². The van der Waals surface area contributed by atoms with Crippen LogP contribution in [0, 0.1) is 0 Å². The van der Waals surface area contributed by atoms with E-state index in [4.69, 9.17) is 23.2 Å². The van der Waals surface area contributed by atoms with Crippen LogP contribution in [0.25, 0.3) is 0 Å². The van der Waals surface area contributed by atoms with E-state index in [-0.39, 0.29) is 0 Å². The molecule has 0 saturated heterocycles. The average molecular weight is 276 g/mol. The van der Waals surface area contributed by atoms with Gasteiger partial charge in [-0.15, -0.1) is 0 Å². The van der Waals surface area contributed by atoms with Crippen molar-refractivity contribution < 1.29 is 5.11 Å². The monoisotopic (exact) mass is 275 g/mol. The molecule has 0 aromatic heterocycles. The maximum atomic E-state index is 10.2. The molecule has 1 aromatic carbocycles. The first kappa shape index (κ1) is 14.8. The van der Waals surface area contributed by atoms with E-state index < -0.39 is 5.60 Å². The molecular weight excluding hydrogens is 257 g/mol. The summed E-state index contributed by atoms with van der Waals surface area (Å²) in [5, 5.41) is 14.5. The fourth-order valence-corrected chi connectivity index (χ4v) is 2.08. The number of benzene rings is 1. The predicted octanol–water partition coefficient (Wildman–Crippen LogP) is 3.29. The van der Waals surface area contributed by atoms with Crippen LogP contribution >= 0.6 is 23.2 Å². The Morgan fingerprint density at radius 3 is 2.71 bits per heavy atom. The first-order chi connectivity index (χ1) is 7.96. The quantitative estimate of drug-likeness (QED) is 0.781. The van der Waals surface area contributed by atoms with Crippen LogP contribution in [0.3, 0.4) is 0 Å².